The monoisotopic (exact) mass is 258 g/mol. The van der Waals surface area contributed by atoms with E-state index in [9.17, 15) is 9.36 Å². The maximum Gasteiger partial charge on any atom is 0.339 e. The third-order valence-corrected chi connectivity index (χ3v) is 2.76. The van der Waals surface area contributed by atoms with Gasteiger partial charge in [0.15, 0.2) is 0 Å². The van der Waals surface area contributed by atoms with Gasteiger partial charge in [0.1, 0.15) is 0 Å². The molecule has 6 nitrogen and oxygen atoms in total. The molecule has 1 atom stereocenters. The molecule has 0 heterocycles. The predicted octanol–water partition coefficient (Wildman–Crippen LogP) is -0.192. The summed E-state index contributed by atoms with van der Waals surface area (Å²) in [5, 5.41) is 2.47. The van der Waals surface area contributed by atoms with Gasteiger partial charge in [0, 0.05) is 0 Å². The standard InChI is InChI=1S/C10H15N2O4P/c11-10(13)9(12-7-17(14,15)16)6-8-4-2-1-3-5-8/h1-5,9,12H,6-7H2,(H2,11,13)(H2,14,15,16)/t9-/m0/s1. The highest BCUT2D eigenvalue weighted by atomic mass is 31.2. The Morgan fingerprint density at radius 1 is 1.35 bits per heavy atom. The maximum atomic E-state index is 11.1. The summed E-state index contributed by atoms with van der Waals surface area (Å²) < 4.78 is 10.7. The van der Waals surface area contributed by atoms with E-state index in [0.29, 0.717) is 6.42 Å². The van der Waals surface area contributed by atoms with Gasteiger partial charge < -0.3 is 15.5 Å². The molecular formula is C10H15N2O4P. The Kier molecular flexibility index (Phi) is 4.84. The van der Waals surface area contributed by atoms with Crippen LogP contribution < -0.4 is 11.1 Å². The first kappa shape index (κ1) is 13.9. The number of carbonyl (C=O) groups is 1. The number of rotatable bonds is 6. The first-order valence-electron chi connectivity index (χ1n) is 4.99. The molecule has 5 N–H and O–H groups in total. The van der Waals surface area contributed by atoms with E-state index in [-0.39, 0.29) is 0 Å². The molecule has 1 aromatic carbocycles. The van der Waals surface area contributed by atoms with E-state index >= 15 is 0 Å². The van der Waals surface area contributed by atoms with Crippen molar-refractivity contribution in [3.05, 3.63) is 35.9 Å². The van der Waals surface area contributed by atoms with E-state index < -0.39 is 25.8 Å². The van der Waals surface area contributed by atoms with Crippen molar-refractivity contribution in [3.8, 4) is 0 Å². The lowest BCUT2D eigenvalue weighted by atomic mass is 10.1. The summed E-state index contributed by atoms with van der Waals surface area (Å²) >= 11 is 0. The van der Waals surface area contributed by atoms with Crippen LogP contribution in [0.5, 0.6) is 0 Å². The van der Waals surface area contributed by atoms with E-state index in [1.54, 1.807) is 0 Å². The molecule has 17 heavy (non-hydrogen) atoms. The van der Waals surface area contributed by atoms with Crippen molar-refractivity contribution in [2.24, 2.45) is 5.73 Å². The number of nitrogens with one attached hydrogen (secondary N) is 1. The highest BCUT2D eigenvalue weighted by Gasteiger charge is 2.20. The van der Waals surface area contributed by atoms with Crippen molar-refractivity contribution in [2.75, 3.05) is 6.29 Å². The highest BCUT2D eigenvalue weighted by Crippen LogP contribution is 2.32. The average molecular weight is 258 g/mol. The number of carbonyl (C=O) groups excluding carboxylic acids is 1. The number of amides is 1. The first-order valence-corrected chi connectivity index (χ1v) is 6.79. The van der Waals surface area contributed by atoms with Crippen LogP contribution in [-0.4, -0.2) is 28.0 Å². The Bertz CT molecular complexity index is 418. The summed E-state index contributed by atoms with van der Waals surface area (Å²) in [7, 11) is -4.18. The van der Waals surface area contributed by atoms with Gasteiger partial charge in [0.05, 0.1) is 12.3 Å². The van der Waals surface area contributed by atoms with Gasteiger partial charge in [0.25, 0.3) is 0 Å². The number of benzene rings is 1. The molecule has 1 amide bonds. The van der Waals surface area contributed by atoms with E-state index in [4.69, 9.17) is 15.5 Å². The van der Waals surface area contributed by atoms with Crippen LogP contribution >= 0.6 is 7.60 Å². The van der Waals surface area contributed by atoms with Crippen molar-refractivity contribution < 1.29 is 19.1 Å². The van der Waals surface area contributed by atoms with Crippen LogP contribution in [-0.2, 0) is 15.8 Å². The smallest absolute Gasteiger partial charge is 0.339 e. The molecule has 1 rings (SSSR count). The Balaban J connectivity index is 2.62. The van der Waals surface area contributed by atoms with E-state index in [0.717, 1.165) is 5.56 Å². The van der Waals surface area contributed by atoms with Crippen molar-refractivity contribution in [1.82, 2.24) is 5.32 Å². The lowest BCUT2D eigenvalue weighted by Gasteiger charge is -2.15. The van der Waals surface area contributed by atoms with Crippen LogP contribution in [0, 0.1) is 0 Å². The summed E-state index contributed by atoms with van der Waals surface area (Å²) in [5.41, 5.74) is 6.03. The van der Waals surface area contributed by atoms with Crippen LogP contribution in [0.4, 0.5) is 0 Å². The summed E-state index contributed by atoms with van der Waals surface area (Å²) in [4.78, 5) is 28.5. The van der Waals surface area contributed by atoms with Crippen LogP contribution in [0.3, 0.4) is 0 Å². The number of primary amides is 1. The van der Waals surface area contributed by atoms with Gasteiger partial charge in [-0.2, -0.15) is 0 Å². The topological polar surface area (TPSA) is 113 Å². The summed E-state index contributed by atoms with van der Waals surface area (Å²) in [6, 6.07) is 8.31. The minimum atomic E-state index is -4.18. The normalized spacial score (nSPS) is 13.3. The van der Waals surface area contributed by atoms with Crippen molar-refractivity contribution in [3.63, 3.8) is 0 Å². The summed E-state index contributed by atoms with van der Waals surface area (Å²) in [6.45, 7) is 0. The SMILES string of the molecule is NC(=O)[C@H](Cc1ccccc1)NCP(=O)(O)O. The highest BCUT2D eigenvalue weighted by molar-refractivity contribution is 7.51. The number of hydrogen-bond acceptors (Lipinski definition) is 3. The van der Waals surface area contributed by atoms with Gasteiger partial charge in [0.2, 0.25) is 5.91 Å². The molecule has 0 aliphatic rings. The van der Waals surface area contributed by atoms with Crippen LogP contribution in [0.1, 0.15) is 5.56 Å². The maximum absolute atomic E-state index is 11.1. The molecule has 7 heteroatoms. The fourth-order valence-electron chi connectivity index (χ4n) is 1.35. The Hall–Kier alpha value is -1.20. The predicted molar refractivity (Wildman–Crippen MR) is 63.2 cm³/mol. The molecule has 94 valence electrons. The van der Waals surface area contributed by atoms with Gasteiger partial charge in [-0.1, -0.05) is 30.3 Å². The molecule has 0 aromatic heterocycles. The largest absolute Gasteiger partial charge is 0.368 e. The Morgan fingerprint density at radius 3 is 2.41 bits per heavy atom. The van der Waals surface area contributed by atoms with Gasteiger partial charge in [-0.05, 0) is 12.0 Å². The first-order chi connectivity index (χ1) is 7.88. The second-order valence-corrected chi connectivity index (χ2v) is 5.32. The summed E-state index contributed by atoms with van der Waals surface area (Å²) in [6.07, 6.45) is -0.260. The van der Waals surface area contributed by atoms with Crippen molar-refractivity contribution >= 4 is 13.5 Å². The van der Waals surface area contributed by atoms with E-state index in [2.05, 4.69) is 5.32 Å². The molecule has 1 aromatic rings. The molecule has 0 spiro atoms. The molecule has 0 saturated heterocycles. The average Bonchev–Trinajstić information content (AvgIpc) is 2.24. The quantitative estimate of drug-likeness (QED) is 0.528. The lowest BCUT2D eigenvalue weighted by Crippen LogP contribution is -2.43. The van der Waals surface area contributed by atoms with Crippen molar-refractivity contribution in [2.45, 2.75) is 12.5 Å². The number of hydrogen-bond donors (Lipinski definition) is 4. The van der Waals surface area contributed by atoms with Crippen LogP contribution in [0.25, 0.3) is 0 Å². The molecule has 0 fully saturated rings. The van der Waals surface area contributed by atoms with Crippen molar-refractivity contribution in [1.29, 1.82) is 0 Å². The third kappa shape index (κ3) is 5.60. The van der Waals surface area contributed by atoms with Gasteiger partial charge >= 0.3 is 7.60 Å². The molecule has 0 unspecified atom stereocenters. The van der Waals surface area contributed by atoms with E-state index in [1.165, 1.54) is 0 Å². The zero-order chi connectivity index (χ0) is 12.9. The Morgan fingerprint density at radius 2 is 1.94 bits per heavy atom. The second kappa shape index (κ2) is 5.93. The molecular weight excluding hydrogens is 243 g/mol. The molecule has 0 aliphatic carbocycles. The molecule has 0 radical (unpaired) electrons. The summed E-state index contributed by atoms with van der Waals surface area (Å²) in [5.74, 6) is -0.637. The number of nitrogens with two attached hydrogens (primary N) is 1. The molecule has 0 saturated carbocycles. The van der Waals surface area contributed by atoms with Crippen LogP contribution in [0.15, 0.2) is 30.3 Å². The minimum absolute atomic E-state index is 0.302. The Labute approximate surface area is 99.0 Å². The molecule has 0 aliphatic heterocycles. The van der Waals surface area contributed by atoms with Gasteiger partial charge in [-0.25, -0.2) is 0 Å². The molecule has 0 bridgehead atoms. The minimum Gasteiger partial charge on any atom is -0.368 e. The third-order valence-electron chi connectivity index (χ3n) is 2.17. The van der Waals surface area contributed by atoms with Gasteiger partial charge in [-0.3, -0.25) is 14.7 Å². The zero-order valence-corrected chi connectivity index (χ0v) is 10.0. The zero-order valence-electron chi connectivity index (χ0n) is 9.11. The fourth-order valence-corrected chi connectivity index (χ4v) is 1.81. The van der Waals surface area contributed by atoms with Crippen LogP contribution in [0.2, 0.25) is 0 Å². The fraction of sp³-hybridized carbons (Fsp3) is 0.300. The van der Waals surface area contributed by atoms with E-state index in [1.807, 2.05) is 30.3 Å². The second-order valence-electron chi connectivity index (χ2n) is 3.67. The van der Waals surface area contributed by atoms with Gasteiger partial charge in [-0.15, -0.1) is 0 Å². The lowest BCUT2D eigenvalue weighted by molar-refractivity contribution is -0.119.